The van der Waals surface area contributed by atoms with E-state index < -0.39 is 49.5 Å². The molecule has 6 N–H and O–H groups in total. The van der Waals surface area contributed by atoms with Crippen LogP contribution in [-0.2, 0) is 23.8 Å². The largest absolute Gasteiger partial charge is 0.466 e. The summed E-state index contributed by atoms with van der Waals surface area (Å²) in [5, 5.41) is 54.1. The van der Waals surface area contributed by atoms with Gasteiger partial charge in [-0.1, -0.05) is 172 Å². The number of esters is 1. The summed E-state index contributed by atoms with van der Waals surface area (Å²) in [6.45, 7) is 4.17. The summed E-state index contributed by atoms with van der Waals surface area (Å²) >= 11 is 0. The molecule has 11 nitrogen and oxygen atoms in total. The molecule has 0 aromatic rings. The molecule has 396 valence electrons. The molecule has 0 bridgehead atoms. The van der Waals surface area contributed by atoms with Crippen LogP contribution in [0.25, 0.3) is 0 Å². The summed E-state index contributed by atoms with van der Waals surface area (Å²) in [6.07, 6.45) is 47.9. The van der Waals surface area contributed by atoms with Crippen LogP contribution >= 0.6 is 0 Å². The predicted octanol–water partition coefficient (Wildman–Crippen LogP) is 12.1. The molecule has 0 radical (unpaired) electrons. The SMILES string of the molecule is CCCCC/C=C/CC/C=C/C(O)C(COC1OC(CO)C(O)C(O)C1O)NC(=O)CCCCCCC/C=C\CCCCCOC(=O)CCCCCCCCCCC/C=C\CCCCCCCC. The number of unbranched alkanes of at least 4 members (excludes halogenated alkanes) is 27. The molecule has 0 saturated carbocycles. The van der Waals surface area contributed by atoms with E-state index in [4.69, 9.17) is 14.2 Å². The second-order valence-corrected chi connectivity index (χ2v) is 19.3. The van der Waals surface area contributed by atoms with Crippen molar-refractivity contribution in [2.24, 2.45) is 0 Å². The molecular formula is C57H103NO10. The highest BCUT2D eigenvalue weighted by Gasteiger charge is 2.44. The lowest BCUT2D eigenvalue weighted by molar-refractivity contribution is -0.302. The first-order valence-corrected chi connectivity index (χ1v) is 27.9. The molecule has 68 heavy (non-hydrogen) atoms. The molecule has 1 aliphatic rings. The van der Waals surface area contributed by atoms with Crippen molar-refractivity contribution in [3.05, 3.63) is 48.6 Å². The smallest absolute Gasteiger partial charge is 0.305 e. The van der Waals surface area contributed by atoms with Crippen molar-refractivity contribution >= 4 is 11.9 Å². The van der Waals surface area contributed by atoms with Gasteiger partial charge < -0.3 is 45.1 Å². The number of allylic oxidation sites excluding steroid dienone is 7. The summed E-state index contributed by atoms with van der Waals surface area (Å²) in [5.74, 6) is -0.271. The number of nitrogens with one attached hydrogen (secondary N) is 1. The highest BCUT2D eigenvalue weighted by Crippen LogP contribution is 2.23. The zero-order valence-corrected chi connectivity index (χ0v) is 43.3. The lowest BCUT2D eigenvalue weighted by Crippen LogP contribution is -2.60. The summed E-state index contributed by atoms with van der Waals surface area (Å²) in [5.41, 5.74) is 0. The van der Waals surface area contributed by atoms with Crippen LogP contribution in [0, 0.1) is 0 Å². The number of hydrogen-bond donors (Lipinski definition) is 6. The topological polar surface area (TPSA) is 175 Å². The van der Waals surface area contributed by atoms with Gasteiger partial charge >= 0.3 is 5.97 Å². The highest BCUT2D eigenvalue weighted by atomic mass is 16.7. The van der Waals surface area contributed by atoms with Crippen LogP contribution in [-0.4, -0.2) is 100 Å². The Morgan fingerprint density at radius 1 is 0.529 bits per heavy atom. The maximum absolute atomic E-state index is 13.0. The van der Waals surface area contributed by atoms with Crippen LogP contribution in [0.15, 0.2) is 48.6 Å². The molecule has 11 heteroatoms. The van der Waals surface area contributed by atoms with Gasteiger partial charge in [-0.2, -0.15) is 0 Å². The van der Waals surface area contributed by atoms with Crippen LogP contribution in [0.4, 0.5) is 0 Å². The molecule has 7 unspecified atom stereocenters. The van der Waals surface area contributed by atoms with Crippen molar-refractivity contribution in [3.8, 4) is 0 Å². The molecule has 0 aromatic heterocycles. The van der Waals surface area contributed by atoms with Gasteiger partial charge in [0, 0.05) is 12.8 Å². The third-order valence-electron chi connectivity index (χ3n) is 12.9. The van der Waals surface area contributed by atoms with Gasteiger partial charge in [-0.05, 0) is 103 Å². The summed E-state index contributed by atoms with van der Waals surface area (Å²) in [7, 11) is 0. The minimum Gasteiger partial charge on any atom is -0.466 e. The van der Waals surface area contributed by atoms with E-state index in [-0.39, 0.29) is 18.5 Å². The van der Waals surface area contributed by atoms with Gasteiger partial charge in [-0.25, -0.2) is 0 Å². The van der Waals surface area contributed by atoms with Gasteiger partial charge in [-0.3, -0.25) is 9.59 Å². The van der Waals surface area contributed by atoms with Gasteiger partial charge in [0.1, 0.15) is 24.4 Å². The standard InChI is InChI=1S/C57H103NO10/c1-3-5-7-9-11-13-14-15-16-17-18-19-20-21-25-29-33-37-41-45-53(62)66-46-42-38-34-30-26-23-22-24-28-32-36-40-44-52(61)58-49(50(60)43-39-35-31-27-12-10-8-6-4-2)48-67-57-56(65)55(64)54(63)51(47-59)68-57/h12,15-16,23,26-27,39,43,49-51,54-57,59-60,63-65H,3-11,13-14,17-22,24-25,28-38,40-42,44-48H2,1-2H3,(H,58,61)/b16-15-,26-23-,27-12+,43-39+. The van der Waals surface area contributed by atoms with Crippen molar-refractivity contribution in [2.45, 2.75) is 281 Å². The first-order valence-electron chi connectivity index (χ1n) is 27.9. The third-order valence-corrected chi connectivity index (χ3v) is 12.9. The molecule has 1 heterocycles. The molecule has 1 saturated heterocycles. The number of aliphatic hydroxyl groups excluding tert-OH is 5. The molecule has 0 aromatic carbocycles. The van der Waals surface area contributed by atoms with Crippen molar-refractivity contribution < 1.29 is 49.3 Å². The highest BCUT2D eigenvalue weighted by molar-refractivity contribution is 5.76. The van der Waals surface area contributed by atoms with Gasteiger partial charge in [0.2, 0.25) is 5.91 Å². The number of carbonyl (C=O) groups excluding carboxylic acids is 2. The summed E-state index contributed by atoms with van der Waals surface area (Å²) < 4.78 is 16.6. The molecule has 1 fully saturated rings. The van der Waals surface area contributed by atoms with Gasteiger partial charge in [0.25, 0.3) is 0 Å². The average molecular weight is 962 g/mol. The van der Waals surface area contributed by atoms with Gasteiger partial charge in [0.05, 0.1) is 32.0 Å². The van der Waals surface area contributed by atoms with Crippen LogP contribution in [0.3, 0.4) is 0 Å². The second kappa shape index (κ2) is 47.0. The monoisotopic (exact) mass is 962 g/mol. The third kappa shape index (κ3) is 36.5. The van der Waals surface area contributed by atoms with Gasteiger partial charge in [-0.15, -0.1) is 0 Å². The predicted molar refractivity (Wildman–Crippen MR) is 278 cm³/mol. The van der Waals surface area contributed by atoms with E-state index in [0.717, 1.165) is 89.9 Å². The van der Waals surface area contributed by atoms with Crippen molar-refractivity contribution in [2.75, 3.05) is 19.8 Å². The second-order valence-electron chi connectivity index (χ2n) is 19.3. The molecule has 0 aliphatic carbocycles. The molecule has 1 aliphatic heterocycles. The van der Waals surface area contributed by atoms with Crippen molar-refractivity contribution in [1.82, 2.24) is 5.32 Å². The van der Waals surface area contributed by atoms with Crippen molar-refractivity contribution in [3.63, 3.8) is 0 Å². The van der Waals surface area contributed by atoms with E-state index in [1.54, 1.807) is 6.08 Å². The Morgan fingerprint density at radius 2 is 0.956 bits per heavy atom. The normalized spacial score (nSPS) is 19.8. The van der Waals surface area contributed by atoms with E-state index in [9.17, 15) is 35.1 Å². The van der Waals surface area contributed by atoms with E-state index in [1.165, 1.54) is 116 Å². The van der Waals surface area contributed by atoms with E-state index >= 15 is 0 Å². The van der Waals surface area contributed by atoms with Crippen LogP contribution in [0.1, 0.15) is 239 Å². The average Bonchev–Trinajstić information content (AvgIpc) is 3.33. The number of carbonyl (C=O) groups is 2. The van der Waals surface area contributed by atoms with E-state index in [2.05, 4.69) is 55.6 Å². The summed E-state index contributed by atoms with van der Waals surface area (Å²) in [4.78, 5) is 25.1. The van der Waals surface area contributed by atoms with Crippen LogP contribution in [0.2, 0.25) is 0 Å². The Bertz CT molecular complexity index is 1270. The lowest BCUT2D eigenvalue weighted by atomic mass is 9.99. The number of hydrogen-bond acceptors (Lipinski definition) is 10. The maximum Gasteiger partial charge on any atom is 0.305 e. The quantitative estimate of drug-likeness (QED) is 0.0196. The van der Waals surface area contributed by atoms with Gasteiger partial charge in [0.15, 0.2) is 6.29 Å². The maximum atomic E-state index is 13.0. The number of aliphatic hydroxyl groups is 5. The zero-order valence-electron chi connectivity index (χ0n) is 43.3. The Balaban J connectivity index is 2.10. The minimum absolute atomic E-state index is 0.0494. The Hall–Kier alpha value is -2.38. The molecule has 7 atom stereocenters. The van der Waals surface area contributed by atoms with Crippen LogP contribution < -0.4 is 5.32 Å². The Morgan fingerprint density at radius 3 is 1.49 bits per heavy atom. The number of rotatable bonds is 47. The van der Waals surface area contributed by atoms with Crippen LogP contribution in [0.5, 0.6) is 0 Å². The fraction of sp³-hybridized carbons (Fsp3) is 0.825. The number of ether oxygens (including phenoxy) is 3. The molecular weight excluding hydrogens is 859 g/mol. The Labute approximate surface area is 415 Å². The molecule has 1 amide bonds. The Kier molecular flexibility index (Phi) is 44.0. The molecule has 0 spiro atoms. The molecule has 1 rings (SSSR count). The fourth-order valence-electron chi connectivity index (χ4n) is 8.38. The lowest BCUT2D eigenvalue weighted by Gasteiger charge is -2.40. The van der Waals surface area contributed by atoms with Crippen molar-refractivity contribution in [1.29, 1.82) is 0 Å². The summed E-state index contributed by atoms with van der Waals surface area (Å²) in [6, 6.07) is -0.845. The zero-order chi connectivity index (χ0) is 49.6. The van der Waals surface area contributed by atoms with E-state index in [0.29, 0.717) is 25.9 Å². The first-order chi connectivity index (χ1) is 33.2. The minimum atomic E-state index is -1.59. The first kappa shape index (κ1) is 63.6. The van der Waals surface area contributed by atoms with E-state index in [1.807, 2.05) is 6.08 Å². The number of amides is 1. The fourth-order valence-corrected chi connectivity index (χ4v) is 8.38.